The summed E-state index contributed by atoms with van der Waals surface area (Å²) < 4.78 is 1.90. The summed E-state index contributed by atoms with van der Waals surface area (Å²) in [5, 5.41) is 18.3. The van der Waals surface area contributed by atoms with Crippen molar-refractivity contribution in [2.24, 2.45) is 5.92 Å². The van der Waals surface area contributed by atoms with Crippen molar-refractivity contribution in [2.45, 2.75) is 45.2 Å². The third kappa shape index (κ3) is 2.71. The molecule has 0 amide bonds. The SMILES string of the molecule is CCCNC(CO)(Cn1ncc(Cl)c1C)C1CC1. The fourth-order valence-electron chi connectivity index (χ4n) is 2.42. The Hall–Kier alpha value is -0.580. The summed E-state index contributed by atoms with van der Waals surface area (Å²) in [4.78, 5) is 0. The highest BCUT2D eigenvalue weighted by Crippen LogP contribution is 2.40. The first-order valence-electron chi connectivity index (χ1n) is 6.66. The van der Waals surface area contributed by atoms with Crippen LogP contribution in [-0.2, 0) is 6.54 Å². The lowest BCUT2D eigenvalue weighted by Crippen LogP contribution is -2.54. The number of hydrogen-bond acceptors (Lipinski definition) is 3. The average molecular weight is 272 g/mol. The summed E-state index contributed by atoms with van der Waals surface area (Å²) in [5.74, 6) is 0.552. The van der Waals surface area contributed by atoms with Gasteiger partial charge in [-0.1, -0.05) is 18.5 Å². The third-order valence-corrected chi connectivity index (χ3v) is 4.21. The van der Waals surface area contributed by atoms with Gasteiger partial charge in [0.15, 0.2) is 0 Å². The quantitative estimate of drug-likeness (QED) is 0.797. The van der Waals surface area contributed by atoms with Gasteiger partial charge in [-0.25, -0.2) is 0 Å². The van der Waals surface area contributed by atoms with E-state index in [2.05, 4.69) is 17.3 Å². The van der Waals surface area contributed by atoms with Crippen molar-refractivity contribution in [2.75, 3.05) is 13.2 Å². The second-order valence-corrected chi connectivity index (χ2v) is 5.66. The monoisotopic (exact) mass is 271 g/mol. The highest BCUT2D eigenvalue weighted by molar-refractivity contribution is 6.31. The van der Waals surface area contributed by atoms with Crippen LogP contribution in [0.5, 0.6) is 0 Å². The van der Waals surface area contributed by atoms with Gasteiger partial charge in [-0.2, -0.15) is 5.10 Å². The molecule has 1 aliphatic carbocycles. The number of nitrogens with one attached hydrogen (secondary N) is 1. The minimum Gasteiger partial charge on any atom is -0.394 e. The van der Waals surface area contributed by atoms with Crippen molar-refractivity contribution in [3.05, 3.63) is 16.9 Å². The Morgan fingerprint density at radius 3 is 2.78 bits per heavy atom. The molecule has 0 aliphatic heterocycles. The molecule has 1 aromatic heterocycles. The maximum Gasteiger partial charge on any atom is 0.0814 e. The second-order valence-electron chi connectivity index (χ2n) is 5.25. The zero-order valence-electron chi connectivity index (χ0n) is 11.1. The van der Waals surface area contributed by atoms with E-state index in [4.69, 9.17) is 11.6 Å². The van der Waals surface area contributed by atoms with Gasteiger partial charge in [-0.3, -0.25) is 4.68 Å². The molecular formula is C13H22ClN3O. The summed E-state index contributed by atoms with van der Waals surface area (Å²) in [6.07, 6.45) is 5.11. The zero-order valence-corrected chi connectivity index (χ0v) is 11.9. The summed E-state index contributed by atoms with van der Waals surface area (Å²) >= 11 is 6.03. The first kappa shape index (κ1) is 13.8. The highest BCUT2D eigenvalue weighted by Gasteiger charge is 2.45. The van der Waals surface area contributed by atoms with E-state index in [1.807, 2.05) is 11.6 Å². The number of nitrogens with zero attached hydrogens (tertiary/aromatic N) is 2. The molecule has 2 N–H and O–H groups in total. The van der Waals surface area contributed by atoms with Gasteiger partial charge in [0.1, 0.15) is 0 Å². The lowest BCUT2D eigenvalue weighted by atomic mass is 9.93. The maximum absolute atomic E-state index is 9.84. The number of rotatable bonds is 7. The van der Waals surface area contributed by atoms with E-state index in [0.29, 0.717) is 17.5 Å². The number of halogens is 1. The molecule has 1 heterocycles. The molecule has 1 atom stereocenters. The highest BCUT2D eigenvalue weighted by atomic mass is 35.5. The van der Waals surface area contributed by atoms with Crippen LogP contribution in [0.4, 0.5) is 0 Å². The molecule has 0 radical (unpaired) electrons. The van der Waals surface area contributed by atoms with Gasteiger partial charge in [0.2, 0.25) is 0 Å². The lowest BCUT2D eigenvalue weighted by Gasteiger charge is -2.34. The third-order valence-electron chi connectivity index (χ3n) is 3.84. The fraction of sp³-hybridized carbons (Fsp3) is 0.769. The van der Waals surface area contributed by atoms with Crippen molar-refractivity contribution in [3.63, 3.8) is 0 Å². The number of aliphatic hydroxyl groups excluding tert-OH is 1. The molecular weight excluding hydrogens is 250 g/mol. The minimum absolute atomic E-state index is 0.147. The van der Waals surface area contributed by atoms with Gasteiger partial charge in [0, 0.05) is 0 Å². The van der Waals surface area contributed by atoms with Gasteiger partial charge in [-0.15, -0.1) is 0 Å². The van der Waals surface area contributed by atoms with E-state index in [1.54, 1.807) is 6.20 Å². The molecule has 1 saturated carbocycles. The van der Waals surface area contributed by atoms with E-state index in [1.165, 1.54) is 12.8 Å². The van der Waals surface area contributed by atoms with Gasteiger partial charge >= 0.3 is 0 Å². The Labute approximate surface area is 113 Å². The molecule has 1 fully saturated rings. The van der Waals surface area contributed by atoms with Crippen LogP contribution < -0.4 is 5.32 Å². The fourth-order valence-corrected chi connectivity index (χ4v) is 2.57. The van der Waals surface area contributed by atoms with Gasteiger partial charge in [0.05, 0.1) is 35.6 Å². The van der Waals surface area contributed by atoms with Gasteiger partial charge in [0.25, 0.3) is 0 Å². The van der Waals surface area contributed by atoms with Gasteiger partial charge < -0.3 is 10.4 Å². The molecule has 1 unspecified atom stereocenters. The first-order valence-corrected chi connectivity index (χ1v) is 7.04. The van der Waals surface area contributed by atoms with Crippen LogP contribution in [-0.4, -0.2) is 33.6 Å². The summed E-state index contributed by atoms with van der Waals surface area (Å²) in [7, 11) is 0. The van der Waals surface area contributed by atoms with Crippen molar-refractivity contribution in [1.82, 2.24) is 15.1 Å². The van der Waals surface area contributed by atoms with Crippen LogP contribution in [0.3, 0.4) is 0 Å². The van der Waals surface area contributed by atoms with E-state index in [-0.39, 0.29) is 12.1 Å². The second kappa shape index (κ2) is 5.59. The first-order chi connectivity index (χ1) is 8.63. The van der Waals surface area contributed by atoms with Crippen molar-refractivity contribution >= 4 is 11.6 Å². The predicted octanol–water partition coefficient (Wildman–Crippen LogP) is 1.99. The van der Waals surface area contributed by atoms with E-state index >= 15 is 0 Å². The molecule has 0 bridgehead atoms. The average Bonchev–Trinajstić information content (AvgIpc) is 3.18. The summed E-state index contributed by atoms with van der Waals surface area (Å²) in [6.45, 7) is 5.86. The lowest BCUT2D eigenvalue weighted by molar-refractivity contribution is 0.118. The van der Waals surface area contributed by atoms with Crippen LogP contribution >= 0.6 is 11.6 Å². The van der Waals surface area contributed by atoms with Crippen molar-refractivity contribution in [3.8, 4) is 0 Å². The Balaban J connectivity index is 2.16. The molecule has 0 spiro atoms. The molecule has 4 nitrogen and oxygen atoms in total. The van der Waals surface area contributed by atoms with E-state index in [0.717, 1.165) is 18.7 Å². The smallest absolute Gasteiger partial charge is 0.0814 e. The molecule has 0 aromatic carbocycles. The van der Waals surface area contributed by atoms with E-state index in [9.17, 15) is 5.11 Å². The maximum atomic E-state index is 9.84. The Bertz CT molecular complexity index is 403. The van der Waals surface area contributed by atoms with Crippen LogP contribution in [0.15, 0.2) is 6.20 Å². The molecule has 2 rings (SSSR count). The molecule has 0 saturated heterocycles. The standard InChI is InChI=1S/C13H22ClN3O/c1-3-6-15-13(9-18,11-4-5-11)8-17-10(2)12(14)7-16-17/h7,11,15,18H,3-6,8-9H2,1-2H3. The van der Waals surface area contributed by atoms with Gasteiger partial charge in [-0.05, 0) is 38.6 Å². The van der Waals surface area contributed by atoms with Crippen molar-refractivity contribution < 1.29 is 5.11 Å². The van der Waals surface area contributed by atoms with Crippen LogP contribution in [0.2, 0.25) is 5.02 Å². The zero-order chi connectivity index (χ0) is 13.2. The predicted molar refractivity (Wildman–Crippen MR) is 72.8 cm³/mol. The Morgan fingerprint density at radius 2 is 2.33 bits per heavy atom. The summed E-state index contributed by atoms with van der Waals surface area (Å²) in [6, 6.07) is 0. The van der Waals surface area contributed by atoms with E-state index < -0.39 is 0 Å². The van der Waals surface area contributed by atoms with Crippen LogP contribution in [0, 0.1) is 12.8 Å². The van der Waals surface area contributed by atoms with Crippen LogP contribution in [0.25, 0.3) is 0 Å². The minimum atomic E-state index is -0.240. The normalized spacial score (nSPS) is 18.9. The summed E-state index contributed by atoms with van der Waals surface area (Å²) in [5.41, 5.74) is 0.726. The topological polar surface area (TPSA) is 50.1 Å². The Kier molecular flexibility index (Phi) is 4.30. The molecule has 18 heavy (non-hydrogen) atoms. The molecule has 5 heteroatoms. The molecule has 102 valence electrons. The number of aromatic nitrogens is 2. The van der Waals surface area contributed by atoms with Crippen LogP contribution in [0.1, 0.15) is 31.9 Å². The number of aliphatic hydroxyl groups is 1. The molecule has 1 aliphatic rings. The molecule has 1 aromatic rings. The largest absolute Gasteiger partial charge is 0.394 e. The number of hydrogen-bond donors (Lipinski definition) is 2. The van der Waals surface area contributed by atoms with Crippen molar-refractivity contribution in [1.29, 1.82) is 0 Å². The Morgan fingerprint density at radius 1 is 1.61 bits per heavy atom.